The molecule has 0 saturated heterocycles. The van der Waals surface area contributed by atoms with E-state index < -0.39 is 11.9 Å². The molecule has 0 atom stereocenters. The summed E-state index contributed by atoms with van der Waals surface area (Å²) in [6.07, 6.45) is 16.1. The average molecular weight is 365 g/mol. The fourth-order valence-corrected chi connectivity index (χ4v) is 2.34. The molecule has 0 aliphatic heterocycles. The van der Waals surface area contributed by atoms with Gasteiger partial charge in [0.15, 0.2) is 0 Å². The Kier molecular flexibility index (Phi) is 23.4. The molecule has 0 N–H and O–H groups in total. The number of carbonyl (C=O) groups is 2. The predicted molar refractivity (Wildman–Crippen MR) is 105 cm³/mol. The van der Waals surface area contributed by atoms with Crippen molar-refractivity contribution >= 4 is 41.5 Å². The Morgan fingerprint density at radius 3 is 1.28 bits per heavy atom. The maximum absolute atomic E-state index is 11.4. The summed E-state index contributed by atoms with van der Waals surface area (Å²) < 4.78 is 10.1. The minimum absolute atomic E-state index is 0. The third-order valence-corrected chi connectivity index (χ3v) is 3.84. The van der Waals surface area contributed by atoms with Gasteiger partial charge in [0.2, 0.25) is 0 Å². The number of rotatable bonds is 16. The van der Waals surface area contributed by atoms with Gasteiger partial charge in [-0.05, 0) is 12.8 Å². The number of hydrogen-bond donors (Lipinski definition) is 0. The standard InChI is InChI=1S/C20H36O4.Na.H/c1-3-5-7-9-11-13-17-23-19(21)15-16-20(22)24-18-14-12-10-8-6-4-2;;/h15-16H,3-14,17-18H2,1-2H3;;/b16-15-;;. The molecule has 25 heavy (non-hydrogen) atoms. The molecular formula is C20H37NaO4. The normalized spacial score (nSPS) is 10.5. The van der Waals surface area contributed by atoms with Gasteiger partial charge in [0.25, 0.3) is 0 Å². The molecule has 0 amide bonds. The summed E-state index contributed by atoms with van der Waals surface area (Å²) in [5.41, 5.74) is 0. The van der Waals surface area contributed by atoms with Crippen LogP contribution in [0.15, 0.2) is 12.2 Å². The quantitative estimate of drug-likeness (QED) is 0.172. The Morgan fingerprint density at radius 2 is 0.920 bits per heavy atom. The molecule has 0 rings (SSSR count). The van der Waals surface area contributed by atoms with E-state index in [0.29, 0.717) is 13.2 Å². The Hall–Kier alpha value is -0.320. The monoisotopic (exact) mass is 364 g/mol. The van der Waals surface area contributed by atoms with E-state index in [9.17, 15) is 9.59 Å². The second-order valence-electron chi connectivity index (χ2n) is 6.20. The summed E-state index contributed by atoms with van der Waals surface area (Å²) in [6, 6.07) is 0. The van der Waals surface area contributed by atoms with Crippen LogP contribution in [0.4, 0.5) is 0 Å². The van der Waals surface area contributed by atoms with Crippen LogP contribution in [-0.2, 0) is 19.1 Å². The van der Waals surface area contributed by atoms with Crippen molar-refractivity contribution in [1.29, 1.82) is 0 Å². The van der Waals surface area contributed by atoms with E-state index in [4.69, 9.17) is 9.47 Å². The van der Waals surface area contributed by atoms with E-state index in [0.717, 1.165) is 37.8 Å². The zero-order valence-electron chi connectivity index (χ0n) is 15.7. The summed E-state index contributed by atoms with van der Waals surface area (Å²) >= 11 is 0. The van der Waals surface area contributed by atoms with Gasteiger partial charge in [-0.3, -0.25) is 0 Å². The fourth-order valence-electron chi connectivity index (χ4n) is 2.34. The molecule has 0 aliphatic rings. The molecule has 0 aliphatic carbocycles. The van der Waals surface area contributed by atoms with Crippen LogP contribution in [0.5, 0.6) is 0 Å². The third-order valence-electron chi connectivity index (χ3n) is 3.84. The summed E-state index contributed by atoms with van der Waals surface area (Å²) in [5.74, 6) is -0.944. The van der Waals surface area contributed by atoms with E-state index in [1.807, 2.05) is 0 Å². The van der Waals surface area contributed by atoms with Crippen LogP contribution in [-0.4, -0.2) is 54.7 Å². The van der Waals surface area contributed by atoms with Crippen molar-refractivity contribution in [2.45, 2.75) is 90.9 Å². The molecule has 0 radical (unpaired) electrons. The van der Waals surface area contributed by atoms with Gasteiger partial charge in [-0.2, -0.15) is 0 Å². The van der Waals surface area contributed by atoms with Gasteiger partial charge in [-0.15, -0.1) is 0 Å². The SMILES string of the molecule is CCCCCCCCOC(=O)/C=C\C(=O)OCCCCCCCC.[NaH]. The van der Waals surface area contributed by atoms with Crippen molar-refractivity contribution in [3.63, 3.8) is 0 Å². The second-order valence-corrected chi connectivity index (χ2v) is 6.20. The van der Waals surface area contributed by atoms with Gasteiger partial charge >= 0.3 is 41.5 Å². The van der Waals surface area contributed by atoms with Gasteiger partial charge in [0, 0.05) is 12.2 Å². The molecule has 0 heterocycles. The number of ether oxygens (including phenoxy) is 2. The molecule has 0 aromatic heterocycles. The maximum atomic E-state index is 11.4. The van der Waals surface area contributed by atoms with Gasteiger partial charge < -0.3 is 9.47 Å². The molecule has 142 valence electrons. The Morgan fingerprint density at radius 1 is 0.600 bits per heavy atom. The van der Waals surface area contributed by atoms with E-state index in [-0.39, 0.29) is 29.6 Å². The first-order valence-corrected chi connectivity index (χ1v) is 9.72. The van der Waals surface area contributed by atoms with E-state index in [1.54, 1.807) is 0 Å². The molecule has 5 heteroatoms. The topological polar surface area (TPSA) is 52.6 Å². The molecule has 0 saturated carbocycles. The first-order chi connectivity index (χ1) is 11.7. The van der Waals surface area contributed by atoms with Crippen LogP contribution in [0.2, 0.25) is 0 Å². The molecule has 0 spiro atoms. The van der Waals surface area contributed by atoms with Crippen molar-refractivity contribution in [3.05, 3.63) is 12.2 Å². The first-order valence-electron chi connectivity index (χ1n) is 9.72. The summed E-state index contributed by atoms with van der Waals surface area (Å²) in [7, 11) is 0. The third kappa shape index (κ3) is 21.6. The van der Waals surface area contributed by atoms with Crippen LogP contribution >= 0.6 is 0 Å². The van der Waals surface area contributed by atoms with Crippen molar-refractivity contribution in [3.8, 4) is 0 Å². The van der Waals surface area contributed by atoms with E-state index in [2.05, 4.69) is 13.8 Å². The van der Waals surface area contributed by atoms with Crippen molar-refractivity contribution in [2.75, 3.05) is 13.2 Å². The molecule has 0 fully saturated rings. The van der Waals surface area contributed by atoms with Crippen LogP contribution in [0, 0.1) is 0 Å². The molecular weight excluding hydrogens is 327 g/mol. The van der Waals surface area contributed by atoms with Crippen LogP contribution in [0.3, 0.4) is 0 Å². The Bertz CT molecular complexity index is 311. The zero-order valence-corrected chi connectivity index (χ0v) is 15.7. The van der Waals surface area contributed by atoms with Crippen molar-refractivity contribution < 1.29 is 19.1 Å². The molecule has 4 nitrogen and oxygen atoms in total. The summed E-state index contributed by atoms with van der Waals surface area (Å²) in [6.45, 7) is 5.21. The van der Waals surface area contributed by atoms with Gasteiger partial charge in [0.1, 0.15) is 0 Å². The number of carbonyl (C=O) groups excluding carboxylic acids is 2. The van der Waals surface area contributed by atoms with Gasteiger partial charge in [0.05, 0.1) is 13.2 Å². The first kappa shape index (κ1) is 26.9. The zero-order chi connectivity index (χ0) is 17.9. The van der Waals surface area contributed by atoms with E-state index in [1.165, 1.54) is 51.4 Å². The number of hydrogen-bond acceptors (Lipinski definition) is 4. The van der Waals surface area contributed by atoms with Crippen LogP contribution in [0.25, 0.3) is 0 Å². The number of unbranched alkanes of at least 4 members (excludes halogenated alkanes) is 10. The molecule has 0 aromatic rings. The van der Waals surface area contributed by atoms with Gasteiger partial charge in [-0.1, -0.05) is 78.1 Å². The summed E-state index contributed by atoms with van der Waals surface area (Å²) in [4.78, 5) is 22.9. The minimum atomic E-state index is -0.472. The van der Waals surface area contributed by atoms with Crippen molar-refractivity contribution in [1.82, 2.24) is 0 Å². The Labute approximate surface area is 176 Å². The van der Waals surface area contributed by atoms with Crippen LogP contribution < -0.4 is 0 Å². The fraction of sp³-hybridized carbons (Fsp3) is 0.800. The molecule has 0 aromatic carbocycles. The average Bonchev–Trinajstić information content (AvgIpc) is 2.58. The second kappa shape index (κ2) is 21.7. The predicted octanol–water partition coefficient (Wildman–Crippen LogP) is 4.70. The number of esters is 2. The van der Waals surface area contributed by atoms with Gasteiger partial charge in [-0.25, -0.2) is 9.59 Å². The Balaban J connectivity index is 0. The van der Waals surface area contributed by atoms with E-state index >= 15 is 0 Å². The van der Waals surface area contributed by atoms with Crippen LogP contribution in [0.1, 0.15) is 90.9 Å². The summed E-state index contributed by atoms with van der Waals surface area (Å²) in [5, 5.41) is 0. The molecule has 0 unspecified atom stereocenters. The van der Waals surface area contributed by atoms with Crippen molar-refractivity contribution in [2.24, 2.45) is 0 Å². The molecule has 0 bridgehead atoms.